The van der Waals surface area contributed by atoms with Crippen LogP contribution in [0.25, 0.3) is 20.2 Å². The van der Waals surface area contributed by atoms with Crippen LogP contribution in [-0.4, -0.2) is 6.71 Å². The first-order valence-corrected chi connectivity index (χ1v) is 22.1. The predicted molar refractivity (Wildman–Crippen MR) is 254 cm³/mol. The summed E-state index contributed by atoms with van der Waals surface area (Å²) in [5.74, 6) is 1.91. The van der Waals surface area contributed by atoms with Gasteiger partial charge in [-0.25, -0.2) is 0 Å². The van der Waals surface area contributed by atoms with Crippen molar-refractivity contribution in [3.05, 3.63) is 150 Å². The zero-order chi connectivity index (χ0) is 40.3. The van der Waals surface area contributed by atoms with Gasteiger partial charge < -0.3 is 14.5 Å². The van der Waals surface area contributed by atoms with Gasteiger partial charge >= 0.3 is 0 Å². The number of thiophene rings is 2. The Labute approximate surface area is 351 Å². The lowest BCUT2D eigenvalue weighted by Crippen LogP contribution is -2.57. The third-order valence-electron chi connectivity index (χ3n) is 12.0. The first-order valence-electron chi connectivity index (χ1n) is 20.5. The molecule has 0 radical (unpaired) electrons. The molecular formula is C52H49BN2OS2. The SMILES string of the molecule is CC(C)(C)c1ccc(N2c3cc(N(c4ccccc4)c4ccccc4)cc4c3B(c3sc5ccc(C(C)(C)C)cc5c3O4)c3sc4ccc(C(C)(C)C)cc4c32)cc1. The van der Waals surface area contributed by atoms with Crippen molar-refractivity contribution in [2.24, 2.45) is 0 Å². The number of para-hydroxylation sites is 2. The highest BCUT2D eigenvalue weighted by Crippen LogP contribution is 2.51. The number of hydrogen-bond acceptors (Lipinski definition) is 5. The summed E-state index contributed by atoms with van der Waals surface area (Å²) in [6.45, 7) is 20.7. The summed E-state index contributed by atoms with van der Waals surface area (Å²) in [6, 6.07) is 49.6. The van der Waals surface area contributed by atoms with Crippen molar-refractivity contribution in [2.75, 3.05) is 9.80 Å². The van der Waals surface area contributed by atoms with Gasteiger partial charge in [-0.3, -0.25) is 0 Å². The molecule has 2 aliphatic heterocycles. The minimum absolute atomic E-state index is 0.00304. The number of benzene rings is 6. The minimum atomic E-state index is 0.00304. The second-order valence-corrected chi connectivity index (χ2v) is 21.3. The van der Waals surface area contributed by atoms with Gasteiger partial charge in [-0.2, -0.15) is 0 Å². The molecule has 58 heavy (non-hydrogen) atoms. The molecule has 0 aliphatic carbocycles. The van der Waals surface area contributed by atoms with Gasteiger partial charge in [0.2, 0.25) is 0 Å². The molecule has 6 heteroatoms. The standard InChI is InChI=1S/C52H49BN2OS2/c1-50(2,3)32-20-24-37(25-21-32)55-41-30-38(54(35-16-12-10-13-17-35)36-18-14-11-15-19-36)31-42-45(41)53(48-46(55)39-28-33(51(4,5)6)22-26-43(39)57-48)49-47(56-42)40-29-34(52(7,8)9)23-27-44(40)58-49/h10-31H,1-9H3. The van der Waals surface area contributed by atoms with Crippen molar-refractivity contribution < 1.29 is 4.74 Å². The van der Waals surface area contributed by atoms with E-state index in [-0.39, 0.29) is 23.0 Å². The van der Waals surface area contributed by atoms with Gasteiger partial charge in [0.1, 0.15) is 11.5 Å². The summed E-state index contributed by atoms with van der Waals surface area (Å²) in [7, 11) is 0. The number of fused-ring (bicyclic) bond motifs is 8. The van der Waals surface area contributed by atoms with Crippen LogP contribution in [0.4, 0.5) is 34.1 Å². The fraction of sp³-hybridized carbons (Fsp3) is 0.231. The summed E-state index contributed by atoms with van der Waals surface area (Å²) in [4.78, 5) is 4.92. The Morgan fingerprint density at radius 1 is 0.517 bits per heavy atom. The van der Waals surface area contributed by atoms with Crippen LogP contribution in [-0.2, 0) is 16.2 Å². The van der Waals surface area contributed by atoms with Crippen LogP contribution in [0.5, 0.6) is 11.5 Å². The Bertz CT molecular complexity index is 2830. The van der Waals surface area contributed by atoms with Gasteiger partial charge in [-0.1, -0.05) is 123 Å². The summed E-state index contributed by atoms with van der Waals surface area (Å²) in [6.07, 6.45) is 0. The van der Waals surface area contributed by atoms with E-state index in [0.29, 0.717) is 0 Å². The molecular weight excluding hydrogens is 744 g/mol. The lowest BCUT2D eigenvalue weighted by molar-refractivity contribution is 0.494. The van der Waals surface area contributed by atoms with E-state index in [0.717, 1.165) is 39.9 Å². The monoisotopic (exact) mass is 792 g/mol. The maximum atomic E-state index is 7.37. The maximum Gasteiger partial charge on any atom is 0.281 e. The van der Waals surface area contributed by atoms with E-state index in [1.165, 1.54) is 57.6 Å². The van der Waals surface area contributed by atoms with E-state index >= 15 is 0 Å². The molecule has 3 nitrogen and oxygen atoms in total. The third kappa shape index (κ3) is 5.98. The molecule has 0 atom stereocenters. The van der Waals surface area contributed by atoms with Crippen molar-refractivity contribution >= 4 is 98.7 Å². The summed E-state index contributed by atoms with van der Waals surface area (Å²) in [5.41, 5.74) is 12.1. The Hall–Kier alpha value is -5.30. The van der Waals surface area contributed by atoms with E-state index in [1.54, 1.807) is 0 Å². The second-order valence-electron chi connectivity index (χ2n) is 19.1. The first-order chi connectivity index (χ1) is 27.6. The third-order valence-corrected chi connectivity index (χ3v) is 14.4. The summed E-state index contributed by atoms with van der Waals surface area (Å²) in [5, 5.41) is 2.50. The normalized spacial score (nSPS) is 13.7. The fourth-order valence-corrected chi connectivity index (χ4v) is 11.3. The molecule has 4 heterocycles. The van der Waals surface area contributed by atoms with Gasteiger partial charge in [-0.05, 0) is 105 Å². The molecule has 0 spiro atoms. The van der Waals surface area contributed by atoms with Crippen LogP contribution in [0.15, 0.2) is 133 Å². The van der Waals surface area contributed by atoms with Gasteiger partial charge in [0.15, 0.2) is 0 Å². The molecule has 10 rings (SSSR count). The van der Waals surface area contributed by atoms with E-state index in [4.69, 9.17) is 4.74 Å². The summed E-state index contributed by atoms with van der Waals surface area (Å²) < 4.78 is 12.6. The lowest BCUT2D eigenvalue weighted by atomic mass is 9.40. The Kier molecular flexibility index (Phi) is 8.36. The van der Waals surface area contributed by atoms with E-state index in [2.05, 4.69) is 206 Å². The molecule has 8 aromatic rings. The molecule has 6 aromatic carbocycles. The second kappa shape index (κ2) is 13.1. The zero-order valence-electron chi connectivity index (χ0n) is 34.9. The molecule has 0 bridgehead atoms. The van der Waals surface area contributed by atoms with E-state index < -0.39 is 0 Å². The molecule has 2 aliphatic rings. The van der Waals surface area contributed by atoms with Gasteiger partial charge in [0.25, 0.3) is 6.71 Å². The van der Waals surface area contributed by atoms with Crippen LogP contribution in [0, 0.1) is 0 Å². The van der Waals surface area contributed by atoms with Crippen molar-refractivity contribution in [1.82, 2.24) is 0 Å². The van der Waals surface area contributed by atoms with Crippen LogP contribution >= 0.6 is 22.7 Å². The first kappa shape index (κ1) is 37.0. The van der Waals surface area contributed by atoms with Crippen LogP contribution in [0.3, 0.4) is 0 Å². The van der Waals surface area contributed by atoms with Gasteiger partial charge in [-0.15, -0.1) is 22.7 Å². The van der Waals surface area contributed by atoms with Crippen molar-refractivity contribution in [2.45, 2.75) is 78.6 Å². The zero-order valence-corrected chi connectivity index (χ0v) is 36.5. The molecule has 0 N–H and O–H groups in total. The topological polar surface area (TPSA) is 15.7 Å². The highest BCUT2D eigenvalue weighted by atomic mass is 32.1. The molecule has 288 valence electrons. The van der Waals surface area contributed by atoms with Crippen LogP contribution in [0.1, 0.15) is 79.0 Å². The van der Waals surface area contributed by atoms with E-state index in [9.17, 15) is 0 Å². The van der Waals surface area contributed by atoms with Gasteiger partial charge in [0.05, 0.1) is 11.4 Å². The summed E-state index contributed by atoms with van der Waals surface area (Å²) >= 11 is 3.85. The molecule has 0 amide bonds. The Balaban J connectivity index is 1.32. The maximum absolute atomic E-state index is 7.37. The van der Waals surface area contributed by atoms with Crippen molar-refractivity contribution in [1.29, 1.82) is 0 Å². The highest BCUT2D eigenvalue weighted by Gasteiger charge is 2.46. The number of hydrogen-bond donors (Lipinski definition) is 0. The molecule has 0 fully saturated rings. The number of rotatable bonds is 4. The smallest absolute Gasteiger partial charge is 0.281 e. The van der Waals surface area contributed by atoms with Crippen LogP contribution in [0.2, 0.25) is 0 Å². The van der Waals surface area contributed by atoms with Gasteiger partial charge in [0, 0.05) is 58.5 Å². The van der Waals surface area contributed by atoms with Crippen molar-refractivity contribution in [3.8, 4) is 11.5 Å². The minimum Gasteiger partial charge on any atom is -0.457 e. The Morgan fingerprint density at radius 3 is 1.60 bits per heavy atom. The average molecular weight is 793 g/mol. The van der Waals surface area contributed by atoms with E-state index in [1.807, 2.05) is 22.7 Å². The average Bonchev–Trinajstić information content (AvgIpc) is 3.76. The molecule has 0 saturated carbocycles. The predicted octanol–water partition coefficient (Wildman–Crippen LogP) is 13.9. The Morgan fingerprint density at radius 2 is 1.03 bits per heavy atom. The largest absolute Gasteiger partial charge is 0.457 e. The number of nitrogens with zero attached hydrogens (tertiary/aromatic N) is 2. The molecule has 2 aromatic heterocycles. The van der Waals surface area contributed by atoms with Crippen molar-refractivity contribution in [3.63, 3.8) is 0 Å². The molecule has 0 unspecified atom stereocenters. The quantitative estimate of drug-likeness (QED) is 0.165. The van der Waals surface area contributed by atoms with Crippen LogP contribution < -0.4 is 29.6 Å². The lowest BCUT2D eigenvalue weighted by Gasteiger charge is -2.39. The highest BCUT2D eigenvalue weighted by molar-refractivity contribution is 7.40. The number of ether oxygens (including phenoxy) is 1. The number of anilines is 6. The fourth-order valence-electron chi connectivity index (χ4n) is 8.73. The molecule has 0 saturated heterocycles.